The van der Waals surface area contributed by atoms with Crippen LogP contribution in [-0.4, -0.2) is 42.6 Å². The summed E-state index contributed by atoms with van der Waals surface area (Å²) < 4.78 is 15.3. The third kappa shape index (κ3) is 5.10. The average Bonchev–Trinajstić information content (AvgIpc) is 2.78. The van der Waals surface area contributed by atoms with Crippen molar-refractivity contribution in [3.63, 3.8) is 0 Å². The highest BCUT2D eigenvalue weighted by atomic mass is 32.1. The molecule has 0 bridgehead atoms. The lowest BCUT2D eigenvalue weighted by molar-refractivity contribution is 0.0525. The molecule has 0 aliphatic rings. The van der Waals surface area contributed by atoms with Gasteiger partial charge in [0.15, 0.2) is 0 Å². The van der Waals surface area contributed by atoms with E-state index in [2.05, 4.69) is 10.2 Å². The van der Waals surface area contributed by atoms with E-state index in [1.165, 1.54) is 0 Å². The largest absolute Gasteiger partial charge is 0.466 e. The number of hydrogen-bond acceptors (Lipinski definition) is 7. The van der Waals surface area contributed by atoms with Crippen molar-refractivity contribution < 1.29 is 19.0 Å². The van der Waals surface area contributed by atoms with Crippen LogP contribution in [0.25, 0.3) is 0 Å². The molecule has 1 rings (SSSR count). The zero-order chi connectivity index (χ0) is 12.5. The molecule has 0 aromatic carbocycles. The van der Waals surface area contributed by atoms with Crippen LogP contribution in [0.2, 0.25) is 0 Å². The first-order valence-electron chi connectivity index (χ1n) is 5.49. The molecule has 0 atom stereocenters. The third-order valence-corrected chi connectivity index (χ3v) is 2.47. The average molecular weight is 260 g/mol. The summed E-state index contributed by atoms with van der Waals surface area (Å²) in [7, 11) is 0. The maximum Gasteiger partial charge on any atom is 0.369 e. The number of nitrogens with zero attached hydrogens (tertiary/aromatic N) is 2. The van der Waals surface area contributed by atoms with E-state index < -0.39 is 5.97 Å². The second-order valence-electron chi connectivity index (χ2n) is 3.05. The Kier molecular flexibility index (Phi) is 6.49. The first-order valence-corrected chi connectivity index (χ1v) is 6.30. The maximum atomic E-state index is 11.3. The zero-order valence-corrected chi connectivity index (χ0v) is 10.8. The highest BCUT2D eigenvalue weighted by Gasteiger charge is 2.14. The minimum atomic E-state index is -0.470. The number of carbonyl (C=O) groups excluding carboxylic acids is 1. The number of rotatable bonds is 8. The van der Waals surface area contributed by atoms with Crippen molar-refractivity contribution >= 4 is 17.3 Å². The summed E-state index contributed by atoms with van der Waals surface area (Å²) in [5.41, 5.74) is 0. The van der Waals surface area contributed by atoms with Crippen molar-refractivity contribution in [2.75, 3.05) is 26.4 Å². The van der Waals surface area contributed by atoms with Crippen molar-refractivity contribution in [1.29, 1.82) is 0 Å². The van der Waals surface area contributed by atoms with Gasteiger partial charge in [0.2, 0.25) is 5.01 Å². The SMILES string of the molecule is CCCOCCOc1nnc(C(=O)OCC)s1. The van der Waals surface area contributed by atoms with Gasteiger partial charge in [0.05, 0.1) is 13.2 Å². The molecule has 17 heavy (non-hydrogen) atoms. The Balaban J connectivity index is 2.28. The topological polar surface area (TPSA) is 70.5 Å². The van der Waals surface area contributed by atoms with Gasteiger partial charge in [-0.15, -0.1) is 5.10 Å². The molecule has 0 saturated heterocycles. The standard InChI is InChI=1S/C10H16N2O4S/c1-3-5-14-6-7-16-10-12-11-8(17-10)9(13)15-4-2/h3-7H2,1-2H3. The molecule has 0 aliphatic carbocycles. The lowest BCUT2D eigenvalue weighted by Crippen LogP contribution is -2.06. The van der Waals surface area contributed by atoms with Crippen molar-refractivity contribution in [2.24, 2.45) is 0 Å². The maximum absolute atomic E-state index is 11.3. The Morgan fingerprint density at radius 1 is 1.24 bits per heavy atom. The summed E-state index contributed by atoms with van der Waals surface area (Å²) in [5, 5.41) is 7.96. The molecule has 0 spiro atoms. The Hall–Kier alpha value is -1.21. The van der Waals surface area contributed by atoms with E-state index in [-0.39, 0.29) is 5.01 Å². The predicted octanol–water partition coefficient (Wildman–Crippen LogP) is 1.52. The van der Waals surface area contributed by atoms with Crippen molar-refractivity contribution in [3.05, 3.63) is 5.01 Å². The van der Waals surface area contributed by atoms with Crippen LogP contribution < -0.4 is 4.74 Å². The molecule has 1 aromatic heterocycles. The lowest BCUT2D eigenvalue weighted by Gasteiger charge is -2.02. The summed E-state index contributed by atoms with van der Waals surface area (Å²) >= 11 is 1.07. The fourth-order valence-electron chi connectivity index (χ4n) is 0.978. The van der Waals surface area contributed by atoms with Gasteiger partial charge in [0.25, 0.3) is 5.19 Å². The van der Waals surface area contributed by atoms with Gasteiger partial charge in [-0.25, -0.2) is 4.79 Å². The summed E-state index contributed by atoms with van der Waals surface area (Å²) in [4.78, 5) is 11.3. The van der Waals surface area contributed by atoms with Gasteiger partial charge in [-0.3, -0.25) is 0 Å². The molecule has 0 radical (unpaired) electrons. The molecule has 0 N–H and O–H groups in total. The second kappa shape index (κ2) is 7.97. The summed E-state index contributed by atoms with van der Waals surface area (Å²) in [6, 6.07) is 0. The van der Waals surface area contributed by atoms with Crippen LogP contribution in [-0.2, 0) is 9.47 Å². The van der Waals surface area contributed by atoms with Crippen molar-refractivity contribution in [2.45, 2.75) is 20.3 Å². The lowest BCUT2D eigenvalue weighted by atomic mass is 10.5. The van der Waals surface area contributed by atoms with E-state index in [4.69, 9.17) is 14.2 Å². The van der Waals surface area contributed by atoms with Crippen LogP contribution in [0.1, 0.15) is 30.1 Å². The third-order valence-electron chi connectivity index (χ3n) is 1.66. The Morgan fingerprint density at radius 3 is 2.76 bits per heavy atom. The van der Waals surface area contributed by atoms with Crippen LogP contribution in [0.3, 0.4) is 0 Å². The molecule has 0 aliphatic heterocycles. The second-order valence-corrected chi connectivity index (χ2v) is 3.99. The van der Waals surface area contributed by atoms with Crippen molar-refractivity contribution in [3.8, 4) is 5.19 Å². The number of ether oxygens (including phenoxy) is 3. The minimum absolute atomic E-state index is 0.205. The quantitative estimate of drug-likeness (QED) is 0.521. The van der Waals surface area contributed by atoms with Crippen LogP contribution in [0.15, 0.2) is 0 Å². The van der Waals surface area contributed by atoms with Gasteiger partial charge in [-0.2, -0.15) is 0 Å². The van der Waals surface area contributed by atoms with Gasteiger partial charge in [-0.1, -0.05) is 12.0 Å². The van der Waals surface area contributed by atoms with Crippen LogP contribution in [0, 0.1) is 0 Å². The molecule has 7 heteroatoms. The van der Waals surface area contributed by atoms with Crippen LogP contribution in [0.5, 0.6) is 5.19 Å². The smallest absolute Gasteiger partial charge is 0.369 e. The normalized spacial score (nSPS) is 10.2. The Morgan fingerprint density at radius 2 is 2.06 bits per heavy atom. The highest BCUT2D eigenvalue weighted by molar-refractivity contribution is 7.14. The molecular weight excluding hydrogens is 244 g/mol. The predicted molar refractivity (Wildman–Crippen MR) is 62.5 cm³/mol. The van der Waals surface area contributed by atoms with Gasteiger partial charge in [-0.05, 0) is 24.7 Å². The van der Waals surface area contributed by atoms with Gasteiger partial charge < -0.3 is 14.2 Å². The van der Waals surface area contributed by atoms with E-state index in [9.17, 15) is 4.79 Å². The highest BCUT2D eigenvalue weighted by Crippen LogP contribution is 2.18. The van der Waals surface area contributed by atoms with E-state index >= 15 is 0 Å². The molecule has 0 fully saturated rings. The summed E-state index contributed by atoms with van der Waals surface area (Å²) in [5.74, 6) is -0.470. The van der Waals surface area contributed by atoms with E-state index in [1.807, 2.05) is 6.92 Å². The first-order chi connectivity index (χ1) is 8.27. The molecule has 1 heterocycles. The summed E-state index contributed by atoms with van der Waals surface area (Å²) in [6.45, 7) is 5.71. The van der Waals surface area contributed by atoms with Gasteiger partial charge in [0.1, 0.15) is 6.61 Å². The fourth-order valence-corrected chi connectivity index (χ4v) is 1.59. The van der Waals surface area contributed by atoms with Gasteiger partial charge in [0, 0.05) is 6.61 Å². The van der Waals surface area contributed by atoms with E-state index in [0.29, 0.717) is 31.6 Å². The Bertz CT molecular complexity index is 343. The molecule has 0 saturated carbocycles. The molecular formula is C10H16N2O4S. The molecule has 0 amide bonds. The molecule has 96 valence electrons. The Labute approximate surface area is 104 Å². The summed E-state index contributed by atoms with van der Waals surface area (Å²) in [6.07, 6.45) is 0.978. The molecule has 1 aromatic rings. The number of carbonyl (C=O) groups is 1. The molecule has 6 nitrogen and oxygen atoms in total. The zero-order valence-electron chi connectivity index (χ0n) is 9.97. The number of hydrogen-bond donors (Lipinski definition) is 0. The molecule has 0 unspecified atom stereocenters. The number of aromatic nitrogens is 2. The van der Waals surface area contributed by atoms with E-state index in [0.717, 1.165) is 17.8 Å². The fraction of sp³-hybridized carbons (Fsp3) is 0.700. The van der Waals surface area contributed by atoms with Crippen molar-refractivity contribution in [1.82, 2.24) is 10.2 Å². The number of esters is 1. The minimum Gasteiger partial charge on any atom is -0.466 e. The first kappa shape index (κ1) is 13.9. The van der Waals surface area contributed by atoms with Crippen LogP contribution in [0.4, 0.5) is 0 Å². The monoisotopic (exact) mass is 260 g/mol. The van der Waals surface area contributed by atoms with Crippen LogP contribution >= 0.6 is 11.3 Å². The van der Waals surface area contributed by atoms with Gasteiger partial charge >= 0.3 is 5.97 Å². The van der Waals surface area contributed by atoms with E-state index in [1.54, 1.807) is 6.92 Å².